The van der Waals surface area contributed by atoms with E-state index in [1.807, 2.05) is 31.6 Å². The molecule has 7 heteroatoms. The van der Waals surface area contributed by atoms with Crippen molar-refractivity contribution in [1.29, 1.82) is 0 Å². The minimum absolute atomic E-state index is 0.718. The molecule has 0 atom stereocenters. The summed E-state index contributed by atoms with van der Waals surface area (Å²) in [4.78, 5) is 10.8. The van der Waals surface area contributed by atoms with Crippen LogP contribution in [0.25, 0.3) is 33.1 Å². The maximum atomic E-state index is 6.74. The van der Waals surface area contributed by atoms with Gasteiger partial charge in [-0.1, -0.05) is 17.7 Å². The van der Waals surface area contributed by atoms with Gasteiger partial charge in [0.25, 0.3) is 0 Å². The van der Waals surface area contributed by atoms with Crippen LogP contribution in [-0.2, 0) is 13.6 Å². The number of nitrogens with one attached hydrogen (secondary N) is 2. The first-order chi connectivity index (χ1) is 13.6. The number of piperazine rings is 1. The number of benzene rings is 1. The van der Waals surface area contributed by atoms with Crippen molar-refractivity contribution in [3.8, 4) is 11.1 Å². The van der Waals surface area contributed by atoms with Gasteiger partial charge >= 0.3 is 0 Å². The predicted octanol–water partition coefficient (Wildman–Crippen LogP) is 3.48. The van der Waals surface area contributed by atoms with Crippen molar-refractivity contribution < 1.29 is 0 Å². The molecule has 4 heterocycles. The van der Waals surface area contributed by atoms with Crippen LogP contribution in [0.5, 0.6) is 0 Å². The summed E-state index contributed by atoms with van der Waals surface area (Å²) in [5.41, 5.74) is 7.28. The summed E-state index contributed by atoms with van der Waals surface area (Å²) in [6.45, 7) is 7.29. The molecule has 6 nitrogen and oxygen atoms in total. The molecular formula is C21H23ClN6. The highest BCUT2D eigenvalue weighted by atomic mass is 35.5. The predicted molar refractivity (Wildman–Crippen MR) is 114 cm³/mol. The van der Waals surface area contributed by atoms with E-state index < -0.39 is 0 Å². The Bertz CT molecular complexity index is 1170. The van der Waals surface area contributed by atoms with E-state index in [1.165, 1.54) is 5.56 Å². The van der Waals surface area contributed by atoms with Crippen LogP contribution < -0.4 is 5.32 Å². The summed E-state index contributed by atoms with van der Waals surface area (Å²) in [7, 11) is 1.91. The zero-order chi connectivity index (χ0) is 19.3. The topological polar surface area (TPSA) is 61.8 Å². The summed E-state index contributed by atoms with van der Waals surface area (Å²) in [6.07, 6.45) is 3.97. The molecule has 1 fully saturated rings. The molecule has 144 valence electrons. The summed E-state index contributed by atoms with van der Waals surface area (Å²) in [5.74, 6) is 0. The minimum atomic E-state index is 0.718. The van der Waals surface area contributed by atoms with Gasteiger partial charge < -0.3 is 10.3 Å². The molecule has 4 aromatic rings. The first-order valence-corrected chi connectivity index (χ1v) is 10.0. The molecule has 0 unspecified atom stereocenters. The fourth-order valence-corrected chi connectivity index (χ4v) is 4.35. The van der Waals surface area contributed by atoms with Crippen LogP contribution in [0.3, 0.4) is 0 Å². The molecule has 0 amide bonds. The molecule has 0 aliphatic carbocycles. The third kappa shape index (κ3) is 2.98. The van der Waals surface area contributed by atoms with Gasteiger partial charge in [-0.2, -0.15) is 5.10 Å². The van der Waals surface area contributed by atoms with Gasteiger partial charge in [0.15, 0.2) is 0 Å². The summed E-state index contributed by atoms with van der Waals surface area (Å²) in [5, 5.41) is 9.52. The van der Waals surface area contributed by atoms with Gasteiger partial charge in [-0.15, -0.1) is 0 Å². The zero-order valence-corrected chi connectivity index (χ0v) is 16.8. The number of H-pyrrole nitrogens is 1. The Hall–Kier alpha value is -2.41. The van der Waals surface area contributed by atoms with Crippen LogP contribution in [0.2, 0.25) is 5.02 Å². The molecule has 0 saturated carbocycles. The van der Waals surface area contributed by atoms with Gasteiger partial charge in [-0.3, -0.25) is 14.6 Å². The second-order valence-corrected chi connectivity index (χ2v) is 7.90. The fourth-order valence-electron chi connectivity index (χ4n) is 4.04. The van der Waals surface area contributed by atoms with E-state index in [9.17, 15) is 0 Å². The SMILES string of the molecule is Cc1nc2c(-c3ccc4nn(C)cc4c3Cl)c[nH]c2cc1CN1CCNCC1. The largest absolute Gasteiger partial charge is 0.359 e. The average molecular weight is 395 g/mol. The lowest BCUT2D eigenvalue weighted by molar-refractivity contribution is 0.232. The maximum absolute atomic E-state index is 6.74. The Morgan fingerprint density at radius 2 is 2.00 bits per heavy atom. The number of rotatable bonds is 3. The van der Waals surface area contributed by atoms with E-state index in [4.69, 9.17) is 16.6 Å². The lowest BCUT2D eigenvalue weighted by Gasteiger charge is -2.27. The van der Waals surface area contributed by atoms with Crippen molar-refractivity contribution in [3.05, 3.63) is 46.9 Å². The van der Waals surface area contributed by atoms with Crippen molar-refractivity contribution in [3.63, 3.8) is 0 Å². The summed E-state index contributed by atoms with van der Waals surface area (Å²) >= 11 is 6.74. The zero-order valence-electron chi connectivity index (χ0n) is 16.1. The average Bonchev–Trinajstić information content (AvgIpc) is 3.26. The van der Waals surface area contributed by atoms with Gasteiger partial charge in [0.2, 0.25) is 0 Å². The molecule has 1 aliphatic rings. The number of aromatic amines is 1. The van der Waals surface area contributed by atoms with Crippen LogP contribution in [-0.4, -0.2) is 50.8 Å². The van der Waals surface area contributed by atoms with Crippen molar-refractivity contribution in [2.45, 2.75) is 13.5 Å². The fraction of sp³-hybridized carbons (Fsp3) is 0.333. The molecule has 0 spiro atoms. The number of aromatic nitrogens is 4. The van der Waals surface area contributed by atoms with Crippen molar-refractivity contribution in [2.75, 3.05) is 26.2 Å². The molecule has 0 radical (unpaired) electrons. The summed E-state index contributed by atoms with van der Waals surface area (Å²) < 4.78 is 1.79. The van der Waals surface area contributed by atoms with Crippen LogP contribution in [0, 0.1) is 6.92 Å². The third-order valence-electron chi connectivity index (χ3n) is 5.58. The molecule has 28 heavy (non-hydrogen) atoms. The Kier molecular flexibility index (Phi) is 4.34. The second kappa shape index (κ2) is 6.88. The number of halogens is 1. The third-order valence-corrected chi connectivity index (χ3v) is 5.98. The van der Waals surface area contributed by atoms with Crippen LogP contribution in [0.15, 0.2) is 30.6 Å². The highest BCUT2D eigenvalue weighted by Crippen LogP contribution is 2.37. The lowest BCUT2D eigenvalue weighted by Crippen LogP contribution is -2.43. The van der Waals surface area contributed by atoms with Gasteiger partial charge in [0, 0.05) is 74.4 Å². The van der Waals surface area contributed by atoms with Crippen molar-refractivity contribution >= 4 is 33.5 Å². The Morgan fingerprint density at radius 1 is 1.18 bits per heavy atom. The van der Waals surface area contributed by atoms with Crippen LogP contribution in [0.1, 0.15) is 11.3 Å². The first kappa shape index (κ1) is 17.7. The van der Waals surface area contributed by atoms with E-state index in [0.29, 0.717) is 0 Å². The number of hydrogen-bond donors (Lipinski definition) is 2. The van der Waals surface area contributed by atoms with Gasteiger partial charge in [-0.05, 0) is 24.6 Å². The smallest absolute Gasteiger partial charge is 0.0961 e. The Labute approximate surface area is 168 Å². The van der Waals surface area contributed by atoms with E-state index in [-0.39, 0.29) is 0 Å². The maximum Gasteiger partial charge on any atom is 0.0961 e. The molecule has 1 aromatic carbocycles. The van der Waals surface area contributed by atoms with Crippen molar-refractivity contribution in [1.82, 2.24) is 30.0 Å². The normalized spacial score (nSPS) is 15.7. The molecular weight excluding hydrogens is 372 g/mol. The van der Waals surface area contributed by atoms with Gasteiger partial charge in [0.05, 0.1) is 21.6 Å². The molecule has 1 aliphatic heterocycles. The standard InChI is InChI=1S/C21H23ClN6/c1-13-14(11-28-7-5-23-6-8-28)9-19-21(25-13)16(10-24-19)15-3-4-18-17(20(15)22)12-27(2)26-18/h3-4,9-10,12,23-24H,5-8,11H2,1-2H3. The lowest BCUT2D eigenvalue weighted by atomic mass is 10.0. The Balaban J connectivity index is 1.56. The molecule has 2 N–H and O–H groups in total. The Morgan fingerprint density at radius 3 is 2.82 bits per heavy atom. The highest BCUT2D eigenvalue weighted by Gasteiger charge is 2.17. The molecule has 1 saturated heterocycles. The van der Waals surface area contributed by atoms with E-state index in [0.717, 1.165) is 76.5 Å². The number of hydrogen-bond acceptors (Lipinski definition) is 4. The highest BCUT2D eigenvalue weighted by molar-refractivity contribution is 6.38. The number of aryl methyl sites for hydroxylation is 2. The van der Waals surface area contributed by atoms with Crippen LogP contribution >= 0.6 is 11.6 Å². The van der Waals surface area contributed by atoms with E-state index in [1.54, 1.807) is 4.68 Å². The van der Waals surface area contributed by atoms with E-state index >= 15 is 0 Å². The molecule has 5 rings (SSSR count). The number of nitrogens with zero attached hydrogens (tertiary/aromatic N) is 4. The summed E-state index contributed by atoms with van der Waals surface area (Å²) in [6, 6.07) is 6.28. The quantitative estimate of drug-likeness (QED) is 0.558. The monoisotopic (exact) mass is 394 g/mol. The van der Waals surface area contributed by atoms with Crippen LogP contribution in [0.4, 0.5) is 0 Å². The molecule has 3 aromatic heterocycles. The first-order valence-electron chi connectivity index (χ1n) is 9.63. The van der Waals surface area contributed by atoms with Gasteiger partial charge in [0.1, 0.15) is 0 Å². The number of pyridine rings is 1. The second-order valence-electron chi connectivity index (χ2n) is 7.52. The van der Waals surface area contributed by atoms with E-state index in [2.05, 4.69) is 33.3 Å². The molecule has 0 bridgehead atoms. The number of fused-ring (bicyclic) bond motifs is 2. The van der Waals surface area contributed by atoms with Crippen molar-refractivity contribution in [2.24, 2.45) is 7.05 Å². The van der Waals surface area contributed by atoms with Gasteiger partial charge in [-0.25, -0.2) is 0 Å². The minimum Gasteiger partial charge on any atom is -0.359 e.